The van der Waals surface area contributed by atoms with Gasteiger partial charge in [-0.3, -0.25) is 9.69 Å². The molecule has 6 rings (SSSR count). The average molecular weight is 533 g/mol. The molecule has 1 fully saturated rings. The van der Waals surface area contributed by atoms with Crippen LogP contribution in [0.1, 0.15) is 27.3 Å². The van der Waals surface area contributed by atoms with Crippen LogP contribution in [0.25, 0.3) is 0 Å². The lowest BCUT2D eigenvalue weighted by Crippen LogP contribution is -2.48. The normalized spacial score (nSPS) is 15.0. The highest BCUT2D eigenvalue weighted by Gasteiger charge is 2.23. The van der Waals surface area contributed by atoms with E-state index in [-0.39, 0.29) is 18.5 Å². The first-order chi connectivity index (χ1) is 18.6. The minimum Gasteiger partial charge on any atom is -0.454 e. The lowest BCUT2D eigenvalue weighted by atomic mass is 10.1. The number of hydrogen-bond donors (Lipinski definition) is 0. The second-order valence-corrected chi connectivity index (χ2v) is 9.88. The van der Waals surface area contributed by atoms with Gasteiger partial charge in [-0.15, -0.1) is 0 Å². The summed E-state index contributed by atoms with van der Waals surface area (Å²) in [6.07, 6.45) is 0.485. The van der Waals surface area contributed by atoms with Crippen LogP contribution in [-0.4, -0.2) is 58.0 Å². The van der Waals surface area contributed by atoms with Crippen LogP contribution in [0, 0.1) is 5.82 Å². The van der Waals surface area contributed by atoms with Gasteiger partial charge in [0.05, 0.1) is 0 Å². The molecule has 3 heterocycles. The van der Waals surface area contributed by atoms with Crippen molar-refractivity contribution in [2.75, 3.05) is 33.0 Å². The maximum absolute atomic E-state index is 13.2. The predicted molar refractivity (Wildman–Crippen MR) is 139 cm³/mol. The van der Waals surface area contributed by atoms with E-state index in [1.165, 1.54) is 12.1 Å². The highest BCUT2D eigenvalue weighted by Crippen LogP contribution is 2.33. The number of amides is 1. The Morgan fingerprint density at radius 1 is 0.947 bits per heavy atom. The zero-order valence-electron chi connectivity index (χ0n) is 20.5. The molecule has 3 aromatic carbocycles. The molecule has 1 aromatic heterocycles. The van der Waals surface area contributed by atoms with E-state index in [4.69, 9.17) is 14.2 Å². The molecule has 1 amide bonds. The van der Waals surface area contributed by atoms with Crippen molar-refractivity contribution in [3.8, 4) is 22.4 Å². The van der Waals surface area contributed by atoms with Gasteiger partial charge in [0.15, 0.2) is 17.3 Å². The van der Waals surface area contributed by atoms with Crippen molar-refractivity contribution in [2.24, 2.45) is 0 Å². The molecular formula is C28H25FN4O4S. The maximum Gasteiger partial charge on any atom is 0.298 e. The van der Waals surface area contributed by atoms with Crippen LogP contribution in [0.4, 0.5) is 4.39 Å². The zero-order chi connectivity index (χ0) is 25.9. The van der Waals surface area contributed by atoms with Gasteiger partial charge >= 0.3 is 0 Å². The molecule has 8 nitrogen and oxygen atoms in total. The minimum atomic E-state index is -0.276. The Labute approximate surface area is 223 Å². The standard InChI is InChI=1S/C28H25FN4O4S/c29-22-7-4-19(5-8-22)15-26-30-28(38-31-26)37-23-3-1-2-21(16-23)27(34)33-12-10-32(11-13-33)17-20-6-9-24-25(14-20)36-18-35-24/h1-9,14,16H,10-13,15,17-18H2. The smallest absolute Gasteiger partial charge is 0.298 e. The second-order valence-electron chi connectivity index (χ2n) is 9.17. The van der Waals surface area contributed by atoms with Gasteiger partial charge in [-0.05, 0) is 53.6 Å². The zero-order valence-corrected chi connectivity index (χ0v) is 21.3. The van der Waals surface area contributed by atoms with Crippen LogP contribution in [0.15, 0.2) is 66.7 Å². The Balaban J connectivity index is 1.03. The quantitative estimate of drug-likeness (QED) is 0.340. The van der Waals surface area contributed by atoms with Crippen molar-refractivity contribution >= 4 is 17.4 Å². The Kier molecular flexibility index (Phi) is 6.89. The van der Waals surface area contributed by atoms with Gasteiger partial charge in [-0.25, -0.2) is 4.39 Å². The van der Waals surface area contributed by atoms with Gasteiger partial charge in [0.1, 0.15) is 11.6 Å². The Morgan fingerprint density at radius 3 is 2.58 bits per heavy atom. The molecule has 0 bridgehead atoms. The van der Waals surface area contributed by atoms with Crippen LogP contribution >= 0.6 is 11.5 Å². The first kappa shape index (κ1) is 24.3. The monoisotopic (exact) mass is 532 g/mol. The molecule has 194 valence electrons. The molecule has 2 aliphatic heterocycles. The largest absolute Gasteiger partial charge is 0.454 e. The number of nitrogens with zero attached hydrogens (tertiary/aromatic N) is 4. The molecule has 2 aliphatic rings. The average Bonchev–Trinajstić information content (AvgIpc) is 3.59. The predicted octanol–water partition coefficient (Wildman–Crippen LogP) is 4.75. The highest BCUT2D eigenvalue weighted by atomic mass is 32.1. The van der Waals surface area contributed by atoms with Crippen LogP contribution in [0.2, 0.25) is 0 Å². The fraction of sp³-hybridized carbons (Fsp3) is 0.250. The van der Waals surface area contributed by atoms with E-state index in [2.05, 4.69) is 20.3 Å². The summed E-state index contributed by atoms with van der Waals surface area (Å²) in [4.78, 5) is 21.8. The Hall–Kier alpha value is -4.02. The van der Waals surface area contributed by atoms with Gasteiger partial charge in [0, 0.05) is 56.2 Å². The van der Waals surface area contributed by atoms with Crippen LogP contribution < -0.4 is 14.2 Å². The van der Waals surface area contributed by atoms with Crippen molar-refractivity contribution < 1.29 is 23.4 Å². The summed E-state index contributed by atoms with van der Waals surface area (Å²) in [6.45, 7) is 3.95. The summed E-state index contributed by atoms with van der Waals surface area (Å²) >= 11 is 1.14. The third-order valence-electron chi connectivity index (χ3n) is 6.51. The molecule has 0 N–H and O–H groups in total. The Morgan fingerprint density at radius 2 is 1.74 bits per heavy atom. The van der Waals surface area contributed by atoms with E-state index in [1.54, 1.807) is 36.4 Å². The number of benzene rings is 3. The summed E-state index contributed by atoms with van der Waals surface area (Å²) in [5, 5.41) is 0.392. The molecule has 4 aromatic rings. The van der Waals surface area contributed by atoms with Crippen molar-refractivity contribution in [3.05, 3.63) is 95.1 Å². The molecular weight excluding hydrogens is 507 g/mol. The van der Waals surface area contributed by atoms with Crippen molar-refractivity contribution in [2.45, 2.75) is 13.0 Å². The summed E-state index contributed by atoms with van der Waals surface area (Å²) in [7, 11) is 0. The van der Waals surface area contributed by atoms with E-state index >= 15 is 0 Å². The summed E-state index contributed by atoms with van der Waals surface area (Å²) in [6, 6.07) is 19.4. The van der Waals surface area contributed by atoms with E-state index < -0.39 is 0 Å². The lowest BCUT2D eigenvalue weighted by Gasteiger charge is -2.34. The van der Waals surface area contributed by atoms with E-state index in [0.29, 0.717) is 41.8 Å². The van der Waals surface area contributed by atoms with Crippen LogP contribution in [0.5, 0.6) is 22.4 Å². The molecule has 0 atom stereocenters. The van der Waals surface area contributed by atoms with Gasteiger partial charge in [0.25, 0.3) is 11.1 Å². The fourth-order valence-corrected chi connectivity index (χ4v) is 5.09. The van der Waals surface area contributed by atoms with Crippen molar-refractivity contribution in [1.29, 1.82) is 0 Å². The first-order valence-electron chi connectivity index (χ1n) is 12.3. The van der Waals surface area contributed by atoms with Crippen LogP contribution in [0.3, 0.4) is 0 Å². The van der Waals surface area contributed by atoms with E-state index in [9.17, 15) is 9.18 Å². The first-order valence-corrected chi connectivity index (χ1v) is 13.1. The SMILES string of the molecule is O=C(c1cccc(Oc2nc(Cc3ccc(F)cc3)ns2)c1)N1CCN(Cc2ccc3c(c2)OCO3)CC1. The summed E-state index contributed by atoms with van der Waals surface area (Å²) < 4.78 is 34.2. The number of carbonyl (C=O) groups is 1. The number of rotatable bonds is 7. The fourth-order valence-electron chi connectivity index (χ4n) is 4.52. The second kappa shape index (κ2) is 10.8. The number of halogens is 1. The number of hydrogen-bond acceptors (Lipinski definition) is 8. The molecule has 0 unspecified atom stereocenters. The Bertz CT molecular complexity index is 1440. The third-order valence-corrected chi connectivity index (χ3v) is 7.15. The topological polar surface area (TPSA) is 77.0 Å². The van der Waals surface area contributed by atoms with Gasteiger partial charge < -0.3 is 19.1 Å². The maximum atomic E-state index is 13.2. The number of fused-ring (bicyclic) bond motifs is 1. The molecule has 0 aliphatic carbocycles. The van der Waals surface area contributed by atoms with Crippen molar-refractivity contribution in [3.63, 3.8) is 0 Å². The number of ether oxygens (including phenoxy) is 3. The number of aromatic nitrogens is 2. The minimum absolute atomic E-state index is 0.0209. The third kappa shape index (κ3) is 5.61. The molecule has 10 heteroatoms. The summed E-state index contributed by atoms with van der Waals surface area (Å²) in [5.74, 6) is 2.40. The number of carbonyl (C=O) groups excluding carboxylic acids is 1. The molecule has 38 heavy (non-hydrogen) atoms. The van der Waals surface area contributed by atoms with E-state index in [0.717, 1.165) is 53.8 Å². The summed E-state index contributed by atoms with van der Waals surface area (Å²) in [5.41, 5.74) is 2.65. The van der Waals surface area contributed by atoms with Crippen LogP contribution in [-0.2, 0) is 13.0 Å². The highest BCUT2D eigenvalue weighted by molar-refractivity contribution is 7.07. The number of piperazine rings is 1. The molecule has 1 saturated heterocycles. The molecule has 0 radical (unpaired) electrons. The van der Waals surface area contributed by atoms with E-state index in [1.807, 2.05) is 17.0 Å². The van der Waals surface area contributed by atoms with Gasteiger partial charge in [0.2, 0.25) is 6.79 Å². The molecule has 0 spiro atoms. The van der Waals surface area contributed by atoms with Gasteiger partial charge in [-0.2, -0.15) is 9.36 Å². The van der Waals surface area contributed by atoms with Gasteiger partial charge in [-0.1, -0.05) is 24.3 Å². The van der Waals surface area contributed by atoms with Crippen molar-refractivity contribution in [1.82, 2.24) is 19.2 Å². The lowest BCUT2D eigenvalue weighted by molar-refractivity contribution is 0.0628. The molecule has 0 saturated carbocycles.